The van der Waals surface area contributed by atoms with Gasteiger partial charge in [0.25, 0.3) is 5.89 Å². The number of hydrogen-bond donors (Lipinski definition) is 3. The Morgan fingerprint density at radius 3 is 2.50 bits per heavy atom. The lowest BCUT2D eigenvalue weighted by Gasteiger charge is -2.18. The summed E-state index contributed by atoms with van der Waals surface area (Å²) in [5.41, 5.74) is 11.0. The van der Waals surface area contributed by atoms with Crippen LogP contribution in [-0.4, -0.2) is 63.6 Å². The molecule has 0 aliphatic heterocycles. The molecule has 0 saturated carbocycles. The van der Waals surface area contributed by atoms with Gasteiger partial charge in [0.2, 0.25) is 11.7 Å². The predicted octanol–water partition coefficient (Wildman–Crippen LogP) is 3.65. The second-order valence-electron chi connectivity index (χ2n) is 9.80. The summed E-state index contributed by atoms with van der Waals surface area (Å²) in [6.07, 6.45) is 0.0806. The first kappa shape index (κ1) is 29.3. The van der Waals surface area contributed by atoms with Crippen LogP contribution in [0.3, 0.4) is 0 Å². The zero-order valence-electron chi connectivity index (χ0n) is 23.0. The third-order valence-corrected chi connectivity index (χ3v) is 6.49. The summed E-state index contributed by atoms with van der Waals surface area (Å²) in [5, 5.41) is 24.0. The van der Waals surface area contributed by atoms with Crippen molar-refractivity contribution in [3.8, 4) is 28.6 Å². The number of aromatic nitrogens is 2. The fourth-order valence-electron chi connectivity index (χ4n) is 4.36. The van der Waals surface area contributed by atoms with E-state index >= 15 is 0 Å². The molecule has 9 heteroatoms. The van der Waals surface area contributed by atoms with Gasteiger partial charge in [-0.2, -0.15) is 4.98 Å². The van der Waals surface area contributed by atoms with Gasteiger partial charge < -0.3 is 30.1 Å². The number of aliphatic hydroxyl groups excluding tert-OH is 2. The summed E-state index contributed by atoms with van der Waals surface area (Å²) < 4.78 is 11.6. The molecule has 0 saturated heterocycles. The summed E-state index contributed by atoms with van der Waals surface area (Å²) >= 11 is 0. The molecule has 38 heavy (non-hydrogen) atoms. The third kappa shape index (κ3) is 7.63. The molecule has 1 aromatic heterocycles. The molecule has 2 aromatic carbocycles. The zero-order chi connectivity index (χ0) is 27.8. The second kappa shape index (κ2) is 13.5. The number of hydrogen-bond acceptors (Lipinski definition) is 8. The lowest BCUT2D eigenvalue weighted by molar-refractivity contribution is -0.127. The van der Waals surface area contributed by atoms with Gasteiger partial charge in [0.05, 0.1) is 6.10 Å². The highest BCUT2D eigenvalue weighted by Crippen LogP contribution is 2.32. The van der Waals surface area contributed by atoms with Crippen LogP contribution in [0.1, 0.15) is 55.9 Å². The first-order valence-corrected chi connectivity index (χ1v) is 13.2. The van der Waals surface area contributed by atoms with E-state index in [9.17, 15) is 15.0 Å². The molecular weight excluding hydrogens is 484 g/mol. The summed E-state index contributed by atoms with van der Waals surface area (Å²) in [6, 6.07) is 10.4. The van der Waals surface area contributed by atoms with Crippen LogP contribution >= 0.6 is 0 Å². The largest absolute Gasteiger partial charge is 0.490 e. The SMILES string of the molecule is CCCc1cc(CN(C)CC)cc(-c2nc(-c3cc(C)c(OC[C@@H](O)CC(O)C(N)=O)c(CC)c3)no2)c1. The molecule has 2 atom stereocenters. The normalized spacial score (nSPS) is 13.1. The fraction of sp³-hybridized carbons (Fsp3) is 0.483. The van der Waals surface area contributed by atoms with Crippen LogP contribution in [0.25, 0.3) is 22.8 Å². The van der Waals surface area contributed by atoms with E-state index in [-0.39, 0.29) is 13.0 Å². The number of carbonyl (C=O) groups excluding carboxylic acids is 1. The monoisotopic (exact) mass is 524 g/mol. The number of benzene rings is 2. The number of aliphatic hydroxyl groups is 2. The van der Waals surface area contributed by atoms with E-state index in [4.69, 9.17) is 20.0 Å². The minimum atomic E-state index is -1.42. The van der Waals surface area contributed by atoms with E-state index in [1.54, 1.807) is 0 Å². The molecule has 3 rings (SSSR count). The van der Waals surface area contributed by atoms with Gasteiger partial charge in [-0.3, -0.25) is 4.79 Å². The van der Waals surface area contributed by atoms with Crippen molar-refractivity contribution < 1.29 is 24.3 Å². The average Bonchev–Trinajstić information content (AvgIpc) is 3.38. The van der Waals surface area contributed by atoms with E-state index in [1.165, 1.54) is 11.1 Å². The molecule has 0 radical (unpaired) electrons. The Balaban J connectivity index is 1.84. The molecule has 1 unspecified atom stereocenters. The van der Waals surface area contributed by atoms with Crippen molar-refractivity contribution in [2.45, 2.75) is 72.1 Å². The first-order chi connectivity index (χ1) is 18.1. The van der Waals surface area contributed by atoms with E-state index in [0.717, 1.165) is 48.2 Å². The number of nitrogens with two attached hydrogens (primary N) is 1. The van der Waals surface area contributed by atoms with Crippen molar-refractivity contribution in [2.75, 3.05) is 20.2 Å². The van der Waals surface area contributed by atoms with Gasteiger partial charge in [0.1, 0.15) is 18.5 Å². The number of nitrogens with zero attached hydrogens (tertiary/aromatic N) is 3. The number of amides is 1. The Hall–Kier alpha value is -3.27. The highest BCUT2D eigenvalue weighted by atomic mass is 16.5. The highest BCUT2D eigenvalue weighted by molar-refractivity contribution is 5.78. The Bertz CT molecular complexity index is 1230. The third-order valence-electron chi connectivity index (χ3n) is 6.49. The van der Waals surface area contributed by atoms with E-state index in [1.807, 2.05) is 26.0 Å². The van der Waals surface area contributed by atoms with Gasteiger partial charge in [-0.15, -0.1) is 0 Å². The molecule has 4 N–H and O–H groups in total. The maximum Gasteiger partial charge on any atom is 0.258 e. The number of aryl methyl sites for hydroxylation is 3. The molecular formula is C29H40N4O5. The van der Waals surface area contributed by atoms with Crippen LogP contribution in [0.2, 0.25) is 0 Å². The van der Waals surface area contributed by atoms with E-state index in [0.29, 0.717) is 23.9 Å². The van der Waals surface area contributed by atoms with Crippen LogP contribution in [0.15, 0.2) is 34.9 Å². The molecule has 0 fully saturated rings. The standard InChI is InChI=1S/C29H40N4O5/c1-6-9-19-11-20(16-33(5)8-3)13-23(12-19)29-31-28(32-38-29)22-10-18(4)26(21(7-2)14-22)37-17-24(34)15-25(35)27(30)36/h10-14,24-25,34-35H,6-9,15-17H2,1-5H3,(H2,30,36)/t24-,25?/m0/s1. The molecule has 0 spiro atoms. The lowest BCUT2D eigenvalue weighted by atomic mass is 10.0. The van der Waals surface area contributed by atoms with Crippen LogP contribution in [0.5, 0.6) is 5.75 Å². The van der Waals surface area contributed by atoms with E-state index in [2.05, 4.69) is 49.2 Å². The topological polar surface area (TPSA) is 135 Å². The first-order valence-electron chi connectivity index (χ1n) is 13.2. The molecule has 9 nitrogen and oxygen atoms in total. The summed E-state index contributed by atoms with van der Waals surface area (Å²) in [6.45, 7) is 9.96. The van der Waals surface area contributed by atoms with Crippen molar-refractivity contribution in [3.63, 3.8) is 0 Å². The molecule has 206 valence electrons. The summed E-state index contributed by atoms with van der Waals surface area (Å²) in [7, 11) is 2.10. The Kier molecular flexibility index (Phi) is 10.4. The Morgan fingerprint density at radius 1 is 1.11 bits per heavy atom. The molecule has 1 amide bonds. The Morgan fingerprint density at radius 2 is 1.84 bits per heavy atom. The minimum Gasteiger partial charge on any atom is -0.490 e. The van der Waals surface area contributed by atoms with Gasteiger partial charge >= 0.3 is 0 Å². The Labute approximate surface area is 224 Å². The van der Waals surface area contributed by atoms with Crippen LogP contribution in [-0.2, 0) is 24.2 Å². The van der Waals surface area contributed by atoms with Crippen LogP contribution < -0.4 is 10.5 Å². The van der Waals surface area contributed by atoms with Crippen LogP contribution in [0.4, 0.5) is 0 Å². The molecule has 0 bridgehead atoms. The number of ether oxygens (including phenoxy) is 1. The molecule has 0 aliphatic rings. The van der Waals surface area contributed by atoms with Gasteiger partial charge in [0, 0.05) is 24.1 Å². The highest BCUT2D eigenvalue weighted by Gasteiger charge is 2.20. The molecule has 0 aliphatic carbocycles. The van der Waals surface area contributed by atoms with Crippen molar-refractivity contribution in [1.29, 1.82) is 0 Å². The second-order valence-corrected chi connectivity index (χ2v) is 9.80. The quantitative estimate of drug-likeness (QED) is 0.291. The van der Waals surface area contributed by atoms with Gasteiger partial charge in [-0.25, -0.2) is 0 Å². The predicted molar refractivity (Wildman–Crippen MR) is 147 cm³/mol. The maximum atomic E-state index is 11.0. The zero-order valence-corrected chi connectivity index (χ0v) is 23.0. The van der Waals surface area contributed by atoms with Crippen molar-refractivity contribution in [1.82, 2.24) is 15.0 Å². The maximum absolute atomic E-state index is 11.0. The van der Waals surface area contributed by atoms with E-state index < -0.39 is 18.1 Å². The minimum absolute atomic E-state index is 0.0759. The summed E-state index contributed by atoms with van der Waals surface area (Å²) in [4.78, 5) is 18.0. The van der Waals surface area contributed by atoms with Crippen LogP contribution in [0, 0.1) is 6.92 Å². The van der Waals surface area contributed by atoms with Crippen molar-refractivity contribution >= 4 is 5.91 Å². The fourth-order valence-corrected chi connectivity index (χ4v) is 4.36. The van der Waals surface area contributed by atoms with Gasteiger partial charge in [-0.1, -0.05) is 38.4 Å². The van der Waals surface area contributed by atoms with Gasteiger partial charge in [0.15, 0.2) is 0 Å². The number of carbonyl (C=O) groups is 1. The van der Waals surface area contributed by atoms with Crippen molar-refractivity contribution in [2.24, 2.45) is 5.73 Å². The number of primary amides is 1. The number of rotatable bonds is 14. The van der Waals surface area contributed by atoms with Crippen molar-refractivity contribution in [3.05, 3.63) is 52.6 Å². The average molecular weight is 525 g/mol. The van der Waals surface area contributed by atoms with Gasteiger partial charge in [-0.05, 0) is 79.9 Å². The molecule has 3 aromatic rings. The smallest absolute Gasteiger partial charge is 0.258 e. The lowest BCUT2D eigenvalue weighted by Crippen LogP contribution is -2.33. The molecule has 1 heterocycles. The summed E-state index contributed by atoms with van der Waals surface area (Å²) in [5.74, 6) is 0.733.